The fourth-order valence-electron chi connectivity index (χ4n) is 2.47. The Kier molecular flexibility index (Phi) is 5.41. The standard InChI is InChI=1S/C14H13ClF4N8/c1-8(16)6-24(27(18)19)26(20)13-11(9-4-2-3-5-10(9)17)12(15)23-14-21-7-22-25(13)14/h2-5,7-8H,6,20H2,1H3. The normalized spacial score (nSPS) is 12.9. The first-order chi connectivity index (χ1) is 12.8. The summed E-state index contributed by atoms with van der Waals surface area (Å²) in [4.78, 5) is 7.81. The minimum Gasteiger partial charge on any atom is -0.246 e. The van der Waals surface area contributed by atoms with E-state index in [9.17, 15) is 17.7 Å². The first kappa shape index (κ1) is 19.2. The molecule has 0 spiro atoms. The first-order valence-electron chi connectivity index (χ1n) is 7.53. The molecule has 0 aliphatic heterocycles. The van der Waals surface area contributed by atoms with Crippen LogP contribution in [0, 0.1) is 5.82 Å². The number of nitrogens with two attached hydrogens (primary N) is 1. The van der Waals surface area contributed by atoms with Gasteiger partial charge in [0.05, 0.1) is 12.1 Å². The number of halogens is 5. The largest absolute Gasteiger partial charge is 0.255 e. The van der Waals surface area contributed by atoms with Gasteiger partial charge in [0.2, 0.25) is 0 Å². The van der Waals surface area contributed by atoms with E-state index in [0.29, 0.717) is 5.12 Å². The van der Waals surface area contributed by atoms with Crippen LogP contribution < -0.4 is 11.0 Å². The summed E-state index contributed by atoms with van der Waals surface area (Å²) in [6.07, 6.45) is -0.572. The van der Waals surface area contributed by atoms with Crippen molar-refractivity contribution in [3.05, 3.63) is 41.6 Å². The summed E-state index contributed by atoms with van der Waals surface area (Å²) in [5.41, 5.74) is -1.58. The molecule has 2 heterocycles. The van der Waals surface area contributed by atoms with Crippen LogP contribution in [0.15, 0.2) is 30.6 Å². The fraction of sp³-hybridized carbons (Fsp3) is 0.214. The van der Waals surface area contributed by atoms with Gasteiger partial charge in [-0.15, -0.1) is 0 Å². The monoisotopic (exact) mass is 404 g/mol. The lowest BCUT2D eigenvalue weighted by Crippen LogP contribution is -2.54. The summed E-state index contributed by atoms with van der Waals surface area (Å²) in [7, 11) is 0. The molecule has 2 N–H and O–H groups in total. The Morgan fingerprint density at radius 2 is 2.00 bits per heavy atom. The van der Waals surface area contributed by atoms with Gasteiger partial charge < -0.3 is 0 Å². The Morgan fingerprint density at radius 3 is 2.63 bits per heavy atom. The summed E-state index contributed by atoms with van der Waals surface area (Å²) in [6, 6.07) is 5.47. The van der Waals surface area contributed by atoms with Crippen molar-refractivity contribution >= 4 is 23.2 Å². The van der Waals surface area contributed by atoms with Crippen LogP contribution in [0.5, 0.6) is 0 Å². The maximum atomic E-state index is 14.4. The summed E-state index contributed by atoms with van der Waals surface area (Å²) < 4.78 is 55.4. The van der Waals surface area contributed by atoms with Crippen molar-refractivity contribution in [2.24, 2.45) is 5.84 Å². The van der Waals surface area contributed by atoms with E-state index >= 15 is 0 Å². The molecular formula is C14H13ClF4N8. The number of rotatable bonds is 6. The highest BCUT2D eigenvalue weighted by molar-refractivity contribution is 6.33. The second-order valence-electron chi connectivity index (χ2n) is 5.45. The van der Waals surface area contributed by atoms with Crippen LogP contribution in [-0.4, -0.2) is 42.9 Å². The summed E-state index contributed by atoms with van der Waals surface area (Å²) in [5, 5.41) is 4.14. The highest BCUT2D eigenvalue weighted by atomic mass is 35.5. The van der Waals surface area contributed by atoms with Gasteiger partial charge in [0.15, 0.2) is 5.82 Å². The smallest absolute Gasteiger partial charge is 0.246 e. The molecule has 3 rings (SSSR count). The van der Waals surface area contributed by atoms with Crippen LogP contribution in [-0.2, 0) is 0 Å². The molecule has 8 nitrogen and oxygen atoms in total. The second kappa shape index (κ2) is 7.60. The van der Waals surface area contributed by atoms with Crippen molar-refractivity contribution in [3.63, 3.8) is 0 Å². The van der Waals surface area contributed by atoms with Gasteiger partial charge in [-0.1, -0.05) is 43.9 Å². The van der Waals surface area contributed by atoms with E-state index in [0.717, 1.165) is 23.8 Å². The molecule has 0 bridgehead atoms. The highest BCUT2D eigenvalue weighted by Gasteiger charge is 2.30. The van der Waals surface area contributed by atoms with Crippen molar-refractivity contribution in [1.29, 1.82) is 0 Å². The minimum absolute atomic E-state index is 0.0598. The van der Waals surface area contributed by atoms with Gasteiger partial charge in [0, 0.05) is 5.56 Å². The number of aromatic nitrogens is 4. The third-order valence-corrected chi connectivity index (χ3v) is 3.83. The minimum atomic E-state index is -1.66. The molecule has 0 saturated carbocycles. The van der Waals surface area contributed by atoms with Crippen LogP contribution in [0.2, 0.25) is 5.15 Å². The Balaban J connectivity index is 2.28. The average Bonchev–Trinajstić information content (AvgIpc) is 3.06. The van der Waals surface area contributed by atoms with Gasteiger partial charge in [-0.3, -0.25) is 0 Å². The van der Waals surface area contributed by atoms with Crippen LogP contribution in [0.3, 0.4) is 0 Å². The van der Waals surface area contributed by atoms with Gasteiger partial charge in [-0.2, -0.15) is 19.6 Å². The predicted octanol–water partition coefficient (Wildman–Crippen LogP) is 2.82. The van der Waals surface area contributed by atoms with Crippen LogP contribution in [0.1, 0.15) is 6.92 Å². The molecule has 1 aromatic carbocycles. The molecule has 27 heavy (non-hydrogen) atoms. The fourth-order valence-corrected chi connectivity index (χ4v) is 2.73. The van der Waals surface area contributed by atoms with E-state index in [1.54, 1.807) is 0 Å². The Labute approximate surface area is 155 Å². The number of nitrogens with zero attached hydrogens (tertiary/aromatic N) is 7. The SMILES string of the molecule is CC(F)CN(N(F)F)N(N)c1c(-c2ccccc2F)c(Cl)nc2ncnn12. The Hall–Kier alpha value is -2.54. The zero-order valence-electron chi connectivity index (χ0n) is 13.8. The predicted molar refractivity (Wildman–Crippen MR) is 89.2 cm³/mol. The lowest BCUT2D eigenvalue weighted by atomic mass is 10.1. The molecule has 0 saturated heterocycles. The molecule has 2 aromatic heterocycles. The van der Waals surface area contributed by atoms with Gasteiger partial charge >= 0.3 is 0 Å². The second-order valence-corrected chi connectivity index (χ2v) is 5.81. The molecule has 1 atom stereocenters. The van der Waals surface area contributed by atoms with E-state index in [1.165, 1.54) is 18.2 Å². The molecular weight excluding hydrogens is 392 g/mol. The van der Waals surface area contributed by atoms with E-state index in [1.807, 2.05) is 0 Å². The average molecular weight is 405 g/mol. The molecule has 0 aliphatic carbocycles. The van der Waals surface area contributed by atoms with Crippen molar-refractivity contribution in [2.45, 2.75) is 13.1 Å². The number of hydrazine groups is 3. The number of hydrogen-bond acceptors (Lipinski definition) is 7. The van der Waals surface area contributed by atoms with Gasteiger partial charge in [-0.05, 0) is 13.0 Å². The number of benzene rings is 1. The number of fused-ring (bicyclic) bond motifs is 1. The molecule has 13 heteroatoms. The maximum Gasteiger partial charge on any atom is 0.255 e. The number of anilines is 1. The zero-order valence-corrected chi connectivity index (χ0v) is 14.5. The van der Waals surface area contributed by atoms with Crippen LogP contribution >= 0.6 is 11.6 Å². The topological polar surface area (TPSA) is 78.8 Å². The van der Waals surface area contributed by atoms with E-state index < -0.39 is 24.0 Å². The maximum absolute atomic E-state index is 14.4. The Morgan fingerprint density at radius 1 is 1.30 bits per heavy atom. The molecule has 0 amide bonds. The van der Waals surface area contributed by atoms with Gasteiger partial charge in [0.25, 0.3) is 5.78 Å². The van der Waals surface area contributed by atoms with E-state index in [-0.39, 0.29) is 33.0 Å². The summed E-state index contributed by atoms with van der Waals surface area (Å²) in [6.45, 7) is 0.281. The molecule has 3 aromatic rings. The first-order valence-corrected chi connectivity index (χ1v) is 7.91. The third-order valence-electron chi connectivity index (χ3n) is 3.56. The van der Waals surface area contributed by atoms with Crippen molar-refractivity contribution in [3.8, 4) is 11.1 Å². The number of hydrogen-bond donors (Lipinski definition) is 1. The lowest BCUT2D eigenvalue weighted by Gasteiger charge is -2.32. The third kappa shape index (κ3) is 3.64. The molecule has 0 fully saturated rings. The van der Waals surface area contributed by atoms with Crippen molar-refractivity contribution in [2.75, 3.05) is 11.7 Å². The quantitative estimate of drug-likeness (QED) is 0.222. The van der Waals surface area contributed by atoms with Crippen molar-refractivity contribution in [1.82, 2.24) is 30.2 Å². The summed E-state index contributed by atoms with van der Waals surface area (Å²) in [5.74, 6) is 4.80. The molecule has 0 aliphatic rings. The van der Waals surface area contributed by atoms with E-state index in [2.05, 4.69) is 15.1 Å². The summed E-state index contributed by atoms with van der Waals surface area (Å²) >= 11 is 6.17. The van der Waals surface area contributed by atoms with Crippen LogP contribution in [0.4, 0.5) is 23.6 Å². The Bertz CT molecular complexity index is 950. The molecule has 0 radical (unpaired) electrons. The van der Waals surface area contributed by atoms with Gasteiger partial charge in [0.1, 0.15) is 28.9 Å². The molecule has 1 unspecified atom stereocenters. The zero-order chi connectivity index (χ0) is 19.7. The van der Waals surface area contributed by atoms with Gasteiger partial charge in [-0.25, -0.2) is 19.7 Å². The number of alkyl halides is 1. The lowest BCUT2D eigenvalue weighted by molar-refractivity contribution is -0.309. The molecule has 144 valence electrons. The highest BCUT2D eigenvalue weighted by Crippen LogP contribution is 2.37. The van der Waals surface area contributed by atoms with Crippen molar-refractivity contribution < 1.29 is 17.7 Å². The van der Waals surface area contributed by atoms with E-state index in [4.69, 9.17) is 17.4 Å². The van der Waals surface area contributed by atoms with Crippen LogP contribution in [0.25, 0.3) is 16.9 Å².